The molecule has 4 nitrogen and oxygen atoms in total. The molecular weight excluding hydrogens is 272 g/mol. The van der Waals surface area contributed by atoms with Crippen molar-refractivity contribution in [2.45, 2.75) is 39.5 Å². The standard InChI is InChI=1S/C18H36N4/c1-6-7-8-11-21(5)18(19-4)20-13-17-10-9-12-22(15-17)14-16(2)3/h6,16-17H,1,7-15H2,2-5H3,(H,19,20). The van der Waals surface area contributed by atoms with Crippen LogP contribution in [-0.4, -0.2) is 62.6 Å². The van der Waals surface area contributed by atoms with Crippen LogP contribution >= 0.6 is 0 Å². The fourth-order valence-corrected chi connectivity index (χ4v) is 3.20. The average Bonchev–Trinajstić information content (AvgIpc) is 2.48. The molecule has 1 atom stereocenters. The molecule has 0 bridgehead atoms. The lowest BCUT2D eigenvalue weighted by Crippen LogP contribution is -2.45. The molecule has 0 aliphatic carbocycles. The molecule has 0 aromatic heterocycles. The number of aliphatic imine (C=N–C) groups is 1. The topological polar surface area (TPSA) is 30.9 Å². The molecule has 1 fully saturated rings. The first-order valence-corrected chi connectivity index (χ1v) is 8.81. The highest BCUT2D eigenvalue weighted by Crippen LogP contribution is 2.16. The Kier molecular flexibility index (Phi) is 9.21. The number of piperidine rings is 1. The first-order chi connectivity index (χ1) is 10.6. The summed E-state index contributed by atoms with van der Waals surface area (Å²) in [6, 6.07) is 0. The summed E-state index contributed by atoms with van der Waals surface area (Å²) in [5.41, 5.74) is 0. The molecule has 0 aromatic rings. The normalized spacial score (nSPS) is 20.2. The molecule has 1 aliphatic heterocycles. The van der Waals surface area contributed by atoms with Crippen molar-refractivity contribution in [3.05, 3.63) is 12.7 Å². The molecule has 1 rings (SSSR count). The predicted octanol–water partition coefficient (Wildman–Crippen LogP) is 2.83. The maximum atomic E-state index is 4.41. The summed E-state index contributed by atoms with van der Waals surface area (Å²) in [6.07, 6.45) is 6.83. The van der Waals surface area contributed by atoms with Crippen LogP contribution in [0.4, 0.5) is 0 Å². The van der Waals surface area contributed by atoms with Crippen LogP contribution in [0.15, 0.2) is 17.6 Å². The zero-order chi connectivity index (χ0) is 16.4. The van der Waals surface area contributed by atoms with Gasteiger partial charge < -0.3 is 15.1 Å². The Labute approximate surface area is 137 Å². The van der Waals surface area contributed by atoms with E-state index >= 15 is 0 Å². The summed E-state index contributed by atoms with van der Waals surface area (Å²) < 4.78 is 0. The highest BCUT2D eigenvalue weighted by molar-refractivity contribution is 5.79. The van der Waals surface area contributed by atoms with Gasteiger partial charge in [-0.3, -0.25) is 4.99 Å². The fraction of sp³-hybridized carbons (Fsp3) is 0.833. The van der Waals surface area contributed by atoms with Crippen LogP contribution in [0.1, 0.15) is 39.5 Å². The average molecular weight is 309 g/mol. The Balaban J connectivity index is 2.34. The van der Waals surface area contributed by atoms with Gasteiger partial charge in [0.2, 0.25) is 0 Å². The molecule has 1 saturated heterocycles. The minimum absolute atomic E-state index is 0.742. The lowest BCUT2D eigenvalue weighted by Gasteiger charge is -2.34. The van der Waals surface area contributed by atoms with Crippen molar-refractivity contribution in [3.8, 4) is 0 Å². The van der Waals surface area contributed by atoms with Crippen molar-refractivity contribution in [3.63, 3.8) is 0 Å². The molecule has 1 aliphatic rings. The van der Waals surface area contributed by atoms with E-state index in [9.17, 15) is 0 Å². The van der Waals surface area contributed by atoms with E-state index in [2.05, 4.69) is 47.6 Å². The number of unbranched alkanes of at least 4 members (excludes halogenated alkanes) is 1. The first-order valence-electron chi connectivity index (χ1n) is 8.81. The van der Waals surface area contributed by atoms with E-state index in [0.29, 0.717) is 0 Å². The minimum atomic E-state index is 0.742. The lowest BCUT2D eigenvalue weighted by atomic mass is 9.97. The van der Waals surface area contributed by atoms with Crippen LogP contribution in [0.25, 0.3) is 0 Å². The van der Waals surface area contributed by atoms with E-state index in [1.54, 1.807) is 0 Å². The molecule has 128 valence electrons. The van der Waals surface area contributed by atoms with E-state index < -0.39 is 0 Å². The quantitative estimate of drug-likeness (QED) is 0.324. The van der Waals surface area contributed by atoms with Crippen molar-refractivity contribution >= 4 is 5.96 Å². The highest BCUT2D eigenvalue weighted by Gasteiger charge is 2.20. The lowest BCUT2D eigenvalue weighted by molar-refractivity contribution is 0.159. The van der Waals surface area contributed by atoms with Crippen LogP contribution in [0.3, 0.4) is 0 Å². The third-order valence-corrected chi connectivity index (χ3v) is 4.25. The molecule has 1 unspecified atom stereocenters. The van der Waals surface area contributed by atoms with Crippen LogP contribution in [-0.2, 0) is 0 Å². The summed E-state index contributed by atoms with van der Waals surface area (Å²) in [5.74, 6) is 2.52. The molecule has 0 spiro atoms. The van der Waals surface area contributed by atoms with E-state index in [1.807, 2.05) is 13.1 Å². The second-order valence-electron chi connectivity index (χ2n) is 6.94. The number of guanidine groups is 1. The molecule has 0 amide bonds. The maximum Gasteiger partial charge on any atom is 0.193 e. The first kappa shape index (κ1) is 19.0. The summed E-state index contributed by atoms with van der Waals surface area (Å²) in [6.45, 7) is 14.2. The zero-order valence-electron chi connectivity index (χ0n) is 15.1. The van der Waals surface area contributed by atoms with E-state index in [4.69, 9.17) is 0 Å². The Hall–Kier alpha value is -1.03. The van der Waals surface area contributed by atoms with Gasteiger partial charge in [-0.2, -0.15) is 0 Å². The SMILES string of the molecule is C=CCCCN(C)C(=NC)NCC1CCCN(CC(C)C)C1. The van der Waals surface area contributed by atoms with Gasteiger partial charge in [-0.1, -0.05) is 19.9 Å². The monoisotopic (exact) mass is 308 g/mol. The minimum Gasteiger partial charge on any atom is -0.356 e. The van der Waals surface area contributed by atoms with Crippen molar-refractivity contribution in [2.24, 2.45) is 16.8 Å². The Morgan fingerprint density at radius 2 is 2.27 bits per heavy atom. The molecule has 0 radical (unpaired) electrons. The van der Waals surface area contributed by atoms with Gasteiger partial charge >= 0.3 is 0 Å². The number of hydrogen-bond acceptors (Lipinski definition) is 2. The van der Waals surface area contributed by atoms with E-state index in [1.165, 1.54) is 32.5 Å². The number of allylic oxidation sites excluding steroid dienone is 1. The number of nitrogens with zero attached hydrogens (tertiary/aromatic N) is 3. The van der Waals surface area contributed by atoms with Crippen LogP contribution in [0.5, 0.6) is 0 Å². The predicted molar refractivity (Wildman–Crippen MR) is 97.4 cm³/mol. The van der Waals surface area contributed by atoms with Gasteiger partial charge in [0, 0.05) is 40.3 Å². The smallest absolute Gasteiger partial charge is 0.193 e. The molecule has 1 N–H and O–H groups in total. The van der Waals surface area contributed by atoms with E-state index in [-0.39, 0.29) is 0 Å². The number of likely N-dealkylation sites (tertiary alicyclic amines) is 1. The fourth-order valence-electron chi connectivity index (χ4n) is 3.20. The van der Waals surface area contributed by atoms with Gasteiger partial charge in [-0.05, 0) is 44.1 Å². The number of rotatable bonds is 8. The largest absolute Gasteiger partial charge is 0.356 e. The summed E-state index contributed by atoms with van der Waals surface area (Å²) in [5, 5.41) is 3.56. The van der Waals surface area contributed by atoms with Gasteiger partial charge in [0.05, 0.1) is 0 Å². The Morgan fingerprint density at radius 3 is 2.91 bits per heavy atom. The second kappa shape index (κ2) is 10.7. The van der Waals surface area contributed by atoms with Crippen molar-refractivity contribution in [1.29, 1.82) is 0 Å². The molecule has 0 saturated carbocycles. The zero-order valence-corrected chi connectivity index (χ0v) is 15.1. The molecule has 4 heteroatoms. The number of nitrogens with one attached hydrogen (secondary N) is 1. The second-order valence-corrected chi connectivity index (χ2v) is 6.94. The highest BCUT2D eigenvalue weighted by atomic mass is 15.3. The summed E-state index contributed by atoms with van der Waals surface area (Å²) >= 11 is 0. The molecule has 22 heavy (non-hydrogen) atoms. The van der Waals surface area contributed by atoms with Gasteiger partial charge in [-0.25, -0.2) is 0 Å². The molecule has 0 aromatic carbocycles. The Morgan fingerprint density at radius 1 is 1.50 bits per heavy atom. The molecule has 1 heterocycles. The van der Waals surface area contributed by atoms with Crippen molar-refractivity contribution < 1.29 is 0 Å². The van der Waals surface area contributed by atoms with Gasteiger partial charge in [0.1, 0.15) is 0 Å². The van der Waals surface area contributed by atoms with Gasteiger partial charge in [-0.15, -0.1) is 6.58 Å². The van der Waals surface area contributed by atoms with Crippen LogP contribution < -0.4 is 5.32 Å². The van der Waals surface area contributed by atoms with E-state index in [0.717, 1.165) is 43.7 Å². The van der Waals surface area contributed by atoms with Crippen molar-refractivity contribution in [1.82, 2.24) is 15.1 Å². The Bertz CT molecular complexity index is 338. The maximum absolute atomic E-state index is 4.41. The van der Waals surface area contributed by atoms with Crippen molar-refractivity contribution in [2.75, 3.05) is 46.8 Å². The van der Waals surface area contributed by atoms with Gasteiger partial charge in [0.15, 0.2) is 5.96 Å². The summed E-state index contributed by atoms with van der Waals surface area (Å²) in [4.78, 5) is 9.25. The number of hydrogen-bond donors (Lipinski definition) is 1. The van der Waals surface area contributed by atoms with Gasteiger partial charge in [0.25, 0.3) is 0 Å². The third-order valence-electron chi connectivity index (χ3n) is 4.25. The van der Waals surface area contributed by atoms with Crippen LogP contribution in [0, 0.1) is 11.8 Å². The summed E-state index contributed by atoms with van der Waals surface area (Å²) in [7, 11) is 3.99. The van der Waals surface area contributed by atoms with Crippen LogP contribution in [0.2, 0.25) is 0 Å². The molecular formula is C18H36N4. The third kappa shape index (κ3) is 7.30.